The van der Waals surface area contributed by atoms with Gasteiger partial charge in [0, 0.05) is 14.2 Å². The molecule has 1 fully saturated rings. The van der Waals surface area contributed by atoms with E-state index in [9.17, 15) is 14.2 Å². The molecule has 1 aliphatic rings. The van der Waals surface area contributed by atoms with E-state index in [2.05, 4.69) is 5.32 Å². The van der Waals surface area contributed by atoms with Gasteiger partial charge in [0.25, 0.3) is 5.24 Å². The van der Waals surface area contributed by atoms with Crippen molar-refractivity contribution in [1.29, 1.82) is 0 Å². The molecule has 0 saturated carbocycles. The predicted octanol–water partition coefficient (Wildman–Crippen LogP) is 4.13. The highest BCUT2D eigenvalue weighted by molar-refractivity contribution is 8.15. The van der Waals surface area contributed by atoms with Crippen LogP contribution in [0.5, 0.6) is 11.5 Å². The second-order valence-corrected chi connectivity index (χ2v) is 9.74. The van der Waals surface area contributed by atoms with E-state index in [1.54, 1.807) is 43.5 Å². The van der Waals surface area contributed by atoms with Crippen LogP contribution >= 0.6 is 19.6 Å². The van der Waals surface area contributed by atoms with Crippen LogP contribution in [0.15, 0.2) is 48.5 Å². The summed E-state index contributed by atoms with van der Waals surface area (Å²) in [5.74, 6) is 0.881. The van der Waals surface area contributed by atoms with Crippen molar-refractivity contribution < 1.29 is 37.2 Å². The summed E-state index contributed by atoms with van der Waals surface area (Å²) in [6.07, 6.45) is -0.330. The number of ether oxygens (including phenoxy) is 2. The molecular formula is C21H24NO8PS. The molecule has 11 heteroatoms. The van der Waals surface area contributed by atoms with Crippen molar-refractivity contribution in [2.75, 3.05) is 27.9 Å². The van der Waals surface area contributed by atoms with E-state index in [0.29, 0.717) is 23.5 Å². The summed E-state index contributed by atoms with van der Waals surface area (Å²) in [5, 5.41) is 1.52. The van der Waals surface area contributed by atoms with Gasteiger partial charge in [-0.1, -0.05) is 36.0 Å². The first-order valence-electron chi connectivity index (χ1n) is 9.63. The smallest absolute Gasteiger partial charge is 0.474 e. The van der Waals surface area contributed by atoms with Gasteiger partial charge in [-0.3, -0.25) is 28.5 Å². The SMILES string of the molecule is COc1cccc(C(COc2ccc(CC3SC(=O)NC3=O)cc2)OP(=O)(OC)OC)c1. The summed E-state index contributed by atoms with van der Waals surface area (Å²) in [6.45, 7) is 0.0264. The highest BCUT2D eigenvalue weighted by Gasteiger charge is 2.32. The molecule has 2 amide bonds. The number of hydrogen-bond donors (Lipinski definition) is 1. The first-order valence-corrected chi connectivity index (χ1v) is 12.0. The Balaban J connectivity index is 1.69. The van der Waals surface area contributed by atoms with Gasteiger partial charge in [-0.05, 0) is 41.8 Å². The standard InChI is InChI=1S/C21H24NO8PS/c1-26-17-6-4-5-15(12-17)18(30-31(25,27-2)28-3)13-29-16-9-7-14(8-10-16)11-19-20(23)22-21(24)32-19/h4-10,12,18-19H,11,13H2,1-3H3,(H,22,23,24). The Morgan fingerprint density at radius 2 is 1.75 bits per heavy atom. The first kappa shape index (κ1) is 24.3. The number of rotatable bonds is 11. The van der Waals surface area contributed by atoms with Crippen LogP contribution in [0, 0.1) is 0 Å². The number of nitrogens with one attached hydrogen (secondary N) is 1. The number of methoxy groups -OCH3 is 1. The molecule has 1 aliphatic heterocycles. The topological polar surface area (TPSA) is 109 Å². The lowest BCUT2D eigenvalue weighted by molar-refractivity contribution is -0.118. The van der Waals surface area contributed by atoms with Crippen LogP contribution in [0.2, 0.25) is 0 Å². The molecule has 0 bridgehead atoms. The number of thioether (sulfide) groups is 1. The van der Waals surface area contributed by atoms with E-state index in [1.807, 2.05) is 12.1 Å². The molecule has 0 spiro atoms. The van der Waals surface area contributed by atoms with Gasteiger partial charge in [0.1, 0.15) is 24.2 Å². The van der Waals surface area contributed by atoms with Crippen LogP contribution in [0.1, 0.15) is 17.2 Å². The van der Waals surface area contributed by atoms with E-state index >= 15 is 0 Å². The average Bonchev–Trinajstić information content (AvgIpc) is 3.13. The third-order valence-corrected chi connectivity index (χ3v) is 7.07. The molecule has 2 atom stereocenters. The van der Waals surface area contributed by atoms with E-state index in [0.717, 1.165) is 17.3 Å². The molecule has 2 aromatic rings. The molecule has 32 heavy (non-hydrogen) atoms. The normalized spacial score (nSPS) is 17.2. The fourth-order valence-corrected chi connectivity index (χ4v) is 4.66. The van der Waals surface area contributed by atoms with Crippen molar-refractivity contribution in [3.05, 3.63) is 59.7 Å². The number of carbonyl (C=O) groups is 2. The summed E-state index contributed by atoms with van der Waals surface area (Å²) >= 11 is 0.989. The van der Waals surface area contributed by atoms with Crippen LogP contribution in [-0.2, 0) is 29.4 Å². The van der Waals surface area contributed by atoms with Crippen molar-refractivity contribution in [2.24, 2.45) is 0 Å². The minimum atomic E-state index is -3.77. The molecule has 172 valence electrons. The molecule has 2 unspecified atom stereocenters. The number of hydrogen-bond acceptors (Lipinski definition) is 9. The van der Waals surface area contributed by atoms with Gasteiger partial charge >= 0.3 is 7.82 Å². The Morgan fingerprint density at radius 3 is 2.34 bits per heavy atom. The zero-order chi connectivity index (χ0) is 23.1. The first-order chi connectivity index (χ1) is 15.4. The molecule has 0 radical (unpaired) electrons. The summed E-state index contributed by atoms with van der Waals surface area (Å²) in [4.78, 5) is 23.0. The molecule has 3 rings (SSSR count). The van der Waals surface area contributed by atoms with Crippen molar-refractivity contribution >= 4 is 30.7 Å². The zero-order valence-corrected chi connectivity index (χ0v) is 19.5. The minimum absolute atomic E-state index is 0.0264. The number of phosphoric acid groups is 1. The summed E-state index contributed by atoms with van der Waals surface area (Å²) in [7, 11) is 0.253. The van der Waals surface area contributed by atoms with Crippen LogP contribution in [0.25, 0.3) is 0 Å². The maximum Gasteiger partial charge on any atom is 0.474 e. The number of benzene rings is 2. The van der Waals surface area contributed by atoms with Gasteiger partial charge in [-0.15, -0.1) is 0 Å². The third-order valence-electron chi connectivity index (χ3n) is 4.68. The number of imide groups is 1. The molecule has 2 aromatic carbocycles. The van der Waals surface area contributed by atoms with Crippen molar-refractivity contribution in [2.45, 2.75) is 17.8 Å². The van der Waals surface area contributed by atoms with Gasteiger partial charge in [0.05, 0.1) is 12.4 Å². The molecule has 9 nitrogen and oxygen atoms in total. The summed E-state index contributed by atoms with van der Waals surface area (Å²) in [5.41, 5.74) is 1.56. The van der Waals surface area contributed by atoms with Crippen LogP contribution in [-0.4, -0.2) is 44.3 Å². The maximum atomic E-state index is 12.5. The van der Waals surface area contributed by atoms with Crippen LogP contribution < -0.4 is 14.8 Å². The Labute approximate surface area is 190 Å². The molecule has 0 aromatic heterocycles. The van der Waals surface area contributed by atoms with Crippen molar-refractivity contribution in [3.63, 3.8) is 0 Å². The lowest BCUT2D eigenvalue weighted by Gasteiger charge is -2.23. The quantitative estimate of drug-likeness (QED) is 0.474. The zero-order valence-electron chi connectivity index (χ0n) is 17.8. The van der Waals surface area contributed by atoms with Gasteiger partial charge in [0.15, 0.2) is 0 Å². The monoisotopic (exact) mass is 481 g/mol. The number of phosphoric ester groups is 1. The Kier molecular flexibility index (Phi) is 8.33. The van der Waals surface area contributed by atoms with E-state index < -0.39 is 19.2 Å². The van der Waals surface area contributed by atoms with E-state index in [1.165, 1.54) is 14.2 Å². The number of carbonyl (C=O) groups excluding carboxylic acids is 2. The second-order valence-electron chi connectivity index (χ2n) is 6.73. The second kappa shape index (κ2) is 11.0. The lowest BCUT2D eigenvalue weighted by atomic mass is 10.1. The molecular weight excluding hydrogens is 457 g/mol. The Bertz CT molecular complexity index is 992. The van der Waals surface area contributed by atoms with Gasteiger partial charge in [0.2, 0.25) is 5.91 Å². The van der Waals surface area contributed by atoms with Crippen molar-refractivity contribution in [3.8, 4) is 11.5 Å². The summed E-state index contributed by atoms with van der Waals surface area (Å²) in [6, 6.07) is 14.3. The van der Waals surface area contributed by atoms with Gasteiger partial charge in [-0.25, -0.2) is 4.57 Å². The molecule has 0 aliphatic carbocycles. The van der Waals surface area contributed by atoms with E-state index in [4.69, 9.17) is 23.0 Å². The van der Waals surface area contributed by atoms with E-state index in [-0.39, 0.29) is 17.8 Å². The molecule has 1 saturated heterocycles. The predicted molar refractivity (Wildman–Crippen MR) is 119 cm³/mol. The average molecular weight is 481 g/mol. The van der Waals surface area contributed by atoms with Crippen molar-refractivity contribution in [1.82, 2.24) is 5.32 Å². The van der Waals surface area contributed by atoms with Gasteiger partial charge in [-0.2, -0.15) is 0 Å². The fourth-order valence-electron chi connectivity index (χ4n) is 2.98. The third kappa shape index (κ3) is 6.34. The summed E-state index contributed by atoms with van der Waals surface area (Å²) < 4.78 is 39.1. The molecule has 1 heterocycles. The molecule has 1 N–H and O–H groups in total. The highest BCUT2D eigenvalue weighted by atomic mass is 32.2. The van der Waals surface area contributed by atoms with Crippen LogP contribution in [0.4, 0.5) is 4.79 Å². The largest absolute Gasteiger partial charge is 0.497 e. The lowest BCUT2D eigenvalue weighted by Crippen LogP contribution is -2.25. The highest BCUT2D eigenvalue weighted by Crippen LogP contribution is 2.51. The minimum Gasteiger partial charge on any atom is -0.497 e. The van der Waals surface area contributed by atoms with Crippen LogP contribution in [0.3, 0.4) is 0 Å². The Hall–Kier alpha value is -2.36. The Morgan fingerprint density at radius 1 is 1.03 bits per heavy atom. The van der Waals surface area contributed by atoms with Gasteiger partial charge < -0.3 is 9.47 Å². The number of amides is 2. The maximum absolute atomic E-state index is 12.5. The fraction of sp³-hybridized carbons (Fsp3) is 0.333.